The van der Waals surface area contributed by atoms with E-state index < -0.39 is 6.10 Å². The summed E-state index contributed by atoms with van der Waals surface area (Å²) >= 11 is 1.50. The van der Waals surface area contributed by atoms with Crippen molar-refractivity contribution in [2.24, 2.45) is 0 Å². The quantitative estimate of drug-likeness (QED) is 0.733. The number of rotatable bonds is 4. The number of hydrogen-bond acceptors (Lipinski definition) is 3. The van der Waals surface area contributed by atoms with Gasteiger partial charge >= 0.3 is 0 Å². The third-order valence-corrected chi connectivity index (χ3v) is 4.32. The second-order valence-electron chi connectivity index (χ2n) is 4.74. The van der Waals surface area contributed by atoms with Gasteiger partial charge < -0.3 is 5.11 Å². The van der Waals surface area contributed by atoms with E-state index in [0.717, 1.165) is 21.4 Å². The summed E-state index contributed by atoms with van der Waals surface area (Å²) in [5, 5.41) is 11.3. The summed E-state index contributed by atoms with van der Waals surface area (Å²) < 4.78 is 12.8. The molecule has 2 aromatic carbocycles. The molecule has 0 saturated heterocycles. The molecule has 0 saturated carbocycles. The minimum atomic E-state index is -0.577. The SMILES string of the molecule is OC(CSc1ccc(F)cc1)c1ccc2cccnc2c1. The van der Waals surface area contributed by atoms with Crippen molar-refractivity contribution < 1.29 is 9.50 Å². The summed E-state index contributed by atoms with van der Waals surface area (Å²) in [6.45, 7) is 0. The molecule has 3 aromatic rings. The summed E-state index contributed by atoms with van der Waals surface area (Å²) in [5.74, 6) is 0.268. The first-order valence-electron chi connectivity index (χ1n) is 6.63. The lowest BCUT2D eigenvalue weighted by Gasteiger charge is -2.11. The lowest BCUT2D eigenvalue weighted by Crippen LogP contribution is -2.00. The van der Waals surface area contributed by atoms with Gasteiger partial charge in [-0.2, -0.15) is 0 Å². The summed E-state index contributed by atoms with van der Waals surface area (Å²) in [6, 6.07) is 16.0. The van der Waals surface area contributed by atoms with Crippen LogP contribution in [0.5, 0.6) is 0 Å². The fraction of sp³-hybridized carbons (Fsp3) is 0.118. The van der Waals surface area contributed by atoms with Gasteiger partial charge in [0.05, 0.1) is 11.6 Å². The Balaban J connectivity index is 1.71. The second-order valence-corrected chi connectivity index (χ2v) is 5.83. The van der Waals surface area contributed by atoms with E-state index in [4.69, 9.17) is 0 Å². The number of aromatic nitrogens is 1. The molecule has 4 heteroatoms. The van der Waals surface area contributed by atoms with Crippen LogP contribution in [0.3, 0.4) is 0 Å². The van der Waals surface area contributed by atoms with Gasteiger partial charge in [-0.25, -0.2) is 4.39 Å². The van der Waals surface area contributed by atoms with Crippen molar-refractivity contribution in [1.82, 2.24) is 4.98 Å². The Morgan fingerprint density at radius 2 is 1.90 bits per heavy atom. The molecule has 1 unspecified atom stereocenters. The molecule has 0 radical (unpaired) electrons. The molecule has 1 N–H and O–H groups in total. The topological polar surface area (TPSA) is 33.1 Å². The highest BCUT2D eigenvalue weighted by molar-refractivity contribution is 7.99. The van der Waals surface area contributed by atoms with Crippen LogP contribution in [0.15, 0.2) is 65.7 Å². The van der Waals surface area contributed by atoms with Crippen molar-refractivity contribution >= 4 is 22.7 Å². The first-order chi connectivity index (χ1) is 10.2. The largest absolute Gasteiger partial charge is 0.388 e. The first-order valence-corrected chi connectivity index (χ1v) is 7.62. The molecule has 1 atom stereocenters. The van der Waals surface area contributed by atoms with Crippen LogP contribution in [0, 0.1) is 5.82 Å². The second kappa shape index (κ2) is 6.24. The van der Waals surface area contributed by atoms with Crippen molar-refractivity contribution in [3.05, 3.63) is 72.2 Å². The number of pyridine rings is 1. The fourth-order valence-corrected chi connectivity index (χ4v) is 2.96. The normalized spacial score (nSPS) is 12.5. The lowest BCUT2D eigenvalue weighted by molar-refractivity contribution is 0.204. The zero-order valence-electron chi connectivity index (χ0n) is 11.2. The number of aliphatic hydroxyl groups excluding tert-OH is 1. The highest BCUT2D eigenvalue weighted by atomic mass is 32.2. The first kappa shape index (κ1) is 14.0. The third-order valence-electron chi connectivity index (χ3n) is 3.24. The van der Waals surface area contributed by atoms with Gasteiger partial charge in [0, 0.05) is 22.2 Å². The van der Waals surface area contributed by atoms with Crippen LogP contribution in [-0.4, -0.2) is 15.8 Å². The minimum Gasteiger partial charge on any atom is -0.388 e. The molecule has 1 aromatic heterocycles. The highest BCUT2D eigenvalue weighted by Crippen LogP contribution is 2.26. The van der Waals surface area contributed by atoms with Crippen LogP contribution in [0.25, 0.3) is 10.9 Å². The molecule has 0 fully saturated rings. The van der Waals surface area contributed by atoms with Crippen LogP contribution in [0.1, 0.15) is 11.7 Å². The average Bonchev–Trinajstić information content (AvgIpc) is 2.53. The Labute approximate surface area is 126 Å². The number of halogens is 1. The van der Waals surface area contributed by atoms with E-state index >= 15 is 0 Å². The molecule has 0 aliphatic rings. The Bertz CT molecular complexity index is 745. The Morgan fingerprint density at radius 3 is 2.71 bits per heavy atom. The van der Waals surface area contributed by atoms with Gasteiger partial charge in [-0.05, 0) is 42.0 Å². The smallest absolute Gasteiger partial charge is 0.123 e. The van der Waals surface area contributed by atoms with E-state index in [-0.39, 0.29) is 5.82 Å². The van der Waals surface area contributed by atoms with Gasteiger partial charge in [-0.15, -0.1) is 11.8 Å². The van der Waals surface area contributed by atoms with E-state index in [0.29, 0.717) is 5.75 Å². The molecule has 0 aliphatic heterocycles. The van der Waals surface area contributed by atoms with Crippen LogP contribution >= 0.6 is 11.8 Å². The van der Waals surface area contributed by atoms with Crippen molar-refractivity contribution in [2.45, 2.75) is 11.0 Å². The van der Waals surface area contributed by atoms with Gasteiger partial charge in [0.25, 0.3) is 0 Å². The van der Waals surface area contributed by atoms with Crippen molar-refractivity contribution in [2.75, 3.05) is 5.75 Å². The number of aliphatic hydroxyl groups is 1. The lowest BCUT2D eigenvalue weighted by atomic mass is 10.1. The van der Waals surface area contributed by atoms with E-state index in [1.54, 1.807) is 18.3 Å². The Hall–Kier alpha value is -1.91. The van der Waals surface area contributed by atoms with Crippen molar-refractivity contribution in [3.63, 3.8) is 0 Å². The fourth-order valence-electron chi connectivity index (χ4n) is 2.09. The van der Waals surface area contributed by atoms with Crippen LogP contribution in [0.4, 0.5) is 4.39 Å². The summed E-state index contributed by atoms with van der Waals surface area (Å²) in [7, 11) is 0. The minimum absolute atomic E-state index is 0.250. The number of thioether (sulfide) groups is 1. The van der Waals surface area contributed by atoms with Crippen LogP contribution in [0.2, 0.25) is 0 Å². The monoisotopic (exact) mass is 299 g/mol. The predicted molar refractivity (Wildman–Crippen MR) is 83.8 cm³/mol. The summed E-state index contributed by atoms with van der Waals surface area (Å²) in [5.41, 5.74) is 1.72. The summed E-state index contributed by atoms with van der Waals surface area (Å²) in [6.07, 6.45) is 1.16. The summed E-state index contributed by atoms with van der Waals surface area (Å²) in [4.78, 5) is 5.23. The zero-order chi connectivity index (χ0) is 14.7. The molecule has 0 bridgehead atoms. The number of fused-ring (bicyclic) bond motifs is 1. The number of nitrogens with zero attached hydrogens (tertiary/aromatic N) is 1. The maximum Gasteiger partial charge on any atom is 0.123 e. The highest BCUT2D eigenvalue weighted by Gasteiger charge is 2.09. The van der Waals surface area contributed by atoms with Gasteiger partial charge in [0.2, 0.25) is 0 Å². The molecule has 21 heavy (non-hydrogen) atoms. The van der Waals surface area contributed by atoms with Gasteiger partial charge in [-0.3, -0.25) is 4.98 Å². The maximum atomic E-state index is 12.8. The molecule has 106 valence electrons. The van der Waals surface area contributed by atoms with Crippen molar-refractivity contribution in [3.8, 4) is 0 Å². The standard InChI is InChI=1S/C17H14FNOS/c18-14-5-7-15(8-6-14)21-11-17(20)13-4-3-12-2-1-9-19-16(12)10-13/h1-10,17,20H,11H2. The number of hydrogen-bond donors (Lipinski definition) is 1. The molecular weight excluding hydrogens is 285 g/mol. The van der Waals surface area contributed by atoms with E-state index in [1.165, 1.54) is 23.9 Å². The van der Waals surface area contributed by atoms with Gasteiger partial charge in [-0.1, -0.05) is 18.2 Å². The van der Waals surface area contributed by atoms with Crippen LogP contribution in [-0.2, 0) is 0 Å². The molecule has 0 amide bonds. The predicted octanol–water partition coefficient (Wildman–Crippen LogP) is 4.20. The molecule has 0 aliphatic carbocycles. The van der Waals surface area contributed by atoms with Gasteiger partial charge in [0.15, 0.2) is 0 Å². The third kappa shape index (κ3) is 3.40. The van der Waals surface area contributed by atoms with Crippen LogP contribution < -0.4 is 0 Å². The Kier molecular flexibility index (Phi) is 4.18. The molecule has 2 nitrogen and oxygen atoms in total. The molecular formula is C17H14FNOS. The van der Waals surface area contributed by atoms with E-state index in [1.807, 2.05) is 30.3 Å². The molecule has 0 spiro atoms. The average molecular weight is 299 g/mol. The molecule has 1 heterocycles. The molecule has 3 rings (SSSR count). The zero-order valence-corrected chi connectivity index (χ0v) is 12.1. The number of benzene rings is 2. The Morgan fingerprint density at radius 1 is 1.10 bits per heavy atom. The van der Waals surface area contributed by atoms with E-state index in [2.05, 4.69) is 4.98 Å². The van der Waals surface area contributed by atoms with E-state index in [9.17, 15) is 9.50 Å². The van der Waals surface area contributed by atoms with Gasteiger partial charge in [0.1, 0.15) is 5.82 Å². The van der Waals surface area contributed by atoms with Crippen molar-refractivity contribution in [1.29, 1.82) is 0 Å². The maximum absolute atomic E-state index is 12.8.